The van der Waals surface area contributed by atoms with Gasteiger partial charge in [0.05, 0.1) is 11.0 Å². The van der Waals surface area contributed by atoms with E-state index in [9.17, 15) is 5.48 Å². The normalized spacial score (nSPS) is 14.5. The molecule has 0 spiro atoms. The van der Waals surface area contributed by atoms with Crippen molar-refractivity contribution in [1.29, 1.82) is 0 Å². The molecular weight excluding hydrogens is 544 g/mol. The Morgan fingerprint density at radius 3 is 1.69 bits per heavy atom. The molecular formula is C44H26O. The highest BCUT2D eigenvalue weighted by Crippen LogP contribution is 2.48. The monoisotopic (exact) mass is 578 g/mol. The molecule has 9 aromatic carbocycles. The Labute approximate surface area is 270 Å². The van der Waals surface area contributed by atoms with E-state index in [0.29, 0.717) is 38.8 Å². The van der Waals surface area contributed by atoms with Gasteiger partial charge >= 0.3 is 0 Å². The molecule has 1 heteroatoms. The molecule has 0 radical (unpaired) electrons. The zero-order valence-electron chi connectivity index (χ0n) is 31.8. The summed E-state index contributed by atoms with van der Waals surface area (Å²) in [7, 11) is 0. The van der Waals surface area contributed by atoms with E-state index < -0.39 is 24.2 Å². The third-order valence-corrected chi connectivity index (χ3v) is 9.06. The van der Waals surface area contributed by atoms with Gasteiger partial charge in [-0.25, -0.2) is 0 Å². The van der Waals surface area contributed by atoms with Crippen LogP contribution in [0.25, 0.3) is 98.1 Å². The van der Waals surface area contributed by atoms with Gasteiger partial charge in [0.25, 0.3) is 0 Å². The number of hydrogen-bond donors (Lipinski definition) is 0. The Hall–Kier alpha value is -5.92. The van der Waals surface area contributed by atoms with E-state index in [1.54, 1.807) is 0 Å². The average molecular weight is 579 g/mol. The third kappa shape index (κ3) is 3.50. The standard InChI is InChI=1S/C44H26O/c1-2-12-30-27(11-1)21-22-28-23-24-29(25-38(28)30)42-33-15-4-6-17-35(33)43(36-18-7-5-16-34(36)42)39-26-40-32-14-9-10-20-41(32)45-44(40)37-19-8-3-13-31(37)39/h1-26H/i4D,5D,6D,7D,15D,16D,17D,18D. The van der Waals surface area contributed by atoms with Crippen LogP contribution in [0.3, 0.4) is 0 Å². The highest BCUT2D eigenvalue weighted by atomic mass is 16.3. The van der Waals surface area contributed by atoms with Crippen LogP contribution >= 0.6 is 0 Å². The average Bonchev–Trinajstić information content (AvgIpc) is 3.58. The van der Waals surface area contributed by atoms with Crippen molar-refractivity contribution in [2.75, 3.05) is 0 Å². The molecule has 0 saturated carbocycles. The molecule has 0 aliphatic rings. The maximum Gasteiger partial charge on any atom is 0.143 e. The summed E-state index contributed by atoms with van der Waals surface area (Å²) in [5.74, 6) is 0. The van der Waals surface area contributed by atoms with Gasteiger partial charge in [0, 0.05) is 16.2 Å². The minimum Gasteiger partial charge on any atom is -0.455 e. The first-order chi connectivity index (χ1) is 25.7. The zero-order valence-corrected chi connectivity index (χ0v) is 23.8. The second-order valence-corrected chi connectivity index (χ2v) is 11.4. The lowest BCUT2D eigenvalue weighted by Gasteiger charge is -2.19. The van der Waals surface area contributed by atoms with E-state index in [1.165, 1.54) is 0 Å². The summed E-state index contributed by atoms with van der Waals surface area (Å²) in [5, 5.41) is 7.75. The number of hydrogen-bond acceptors (Lipinski definition) is 1. The summed E-state index contributed by atoms with van der Waals surface area (Å²) in [6.07, 6.45) is 0. The third-order valence-electron chi connectivity index (χ3n) is 9.06. The first-order valence-corrected chi connectivity index (χ1v) is 14.9. The van der Waals surface area contributed by atoms with Crippen LogP contribution < -0.4 is 0 Å². The summed E-state index contributed by atoms with van der Waals surface area (Å²) in [4.78, 5) is 0. The van der Waals surface area contributed by atoms with Crippen molar-refractivity contribution >= 4 is 75.8 Å². The predicted molar refractivity (Wildman–Crippen MR) is 192 cm³/mol. The number of para-hydroxylation sites is 1. The molecule has 1 nitrogen and oxygen atoms in total. The summed E-state index contributed by atoms with van der Waals surface area (Å²) in [6.45, 7) is 0. The summed E-state index contributed by atoms with van der Waals surface area (Å²) < 4.78 is 79.8. The quantitative estimate of drug-likeness (QED) is 0.147. The van der Waals surface area contributed by atoms with E-state index in [1.807, 2.05) is 109 Å². The van der Waals surface area contributed by atoms with Crippen LogP contribution in [0.4, 0.5) is 0 Å². The molecule has 208 valence electrons. The van der Waals surface area contributed by atoms with Crippen LogP contribution in [0, 0.1) is 0 Å². The van der Waals surface area contributed by atoms with Crippen molar-refractivity contribution in [2.45, 2.75) is 0 Å². The van der Waals surface area contributed by atoms with Crippen molar-refractivity contribution in [1.82, 2.24) is 0 Å². The fraction of sp³-hybridized carbons (Fsp3) is 0. The van der Waals surface area contributed by atoms with Crippen LogP contribution in [0.5, 0.6) is 0 Å². The lowest BCUT2D eigenvalue weighted by atomic mass is 9.84. The van der Waals surface area contributed by atoms with Crippen LogP contribution in [0.1, 0.15) is 11.0 Å². The van der Waals surface area contributed by atoms with E-state index >= 15 is 0 Å². The van der Waals surface area contributed by atoms with Crippen molar-refractivity contribution in [2.24, 2.45) is 0 Å². The van der Waals surface area contributed by atoms with Gasteiger partial charge in [-0.05, 0) is 88.9 Å². The number of benzene rings is 9. The van der Waals surface area contributed by atoms with Crippen LogP contribution in [-0.2, 0) is 0 Å². The van der Waals surface area contributed by atoms with Crippen LogP contribution in [0.15, 0.2) is 162 Å². The van der Waals surface area contributed by atoms with Gasteiger partial charge in [-0.15, -0.1) is 0 Å². The van der Waals surface area contributed by atoms with Gasteiger partial charge in [-0.2, -0.15) is 0 Å². The Morgan fingerprint density at radius 1 is 0.400 bits per heavy atom. The topological polar surface area (TPSA) is 13.1 Å². The highest BCUT2D eigenvalue weighted by Gasteiger charge is 2.21. The van der Waals surface area contributed by atoms with Crippen molar-refractivity contribution in [3.8, 4) is 22.3 Å². The molecule has 10 rings (SSSR count). The maximum atomic E-state index is 9.48. The molecule has 0 unspecified atom stereocenters. The van der Waals surface area contributed by atoms with E-state index in [-0.39, 0.29) is 45.7 Å². The SMILES string of the molecule is [2H]c1c([2H])c([2H])c2c(-c3cc4c5ccccc5oc4c4ccccc34)c3c([2H])c([2H])c([2H])c([2H])c3c(-c3ccc4ccc5ccccc5c4c3)c2c1[2H]. The van der Waals surface area contributed by atoms with Gasteiger partial charge in [0.15, 0.2) is 0 Å². The Kier molecular flexibility index (Phi) is 3.72. The largest absolute Gasteiger partial charge is 0.455 e. The molecule has 0 N–H and O–H groups in total. The van der Waals surface area contributed by atoms with Gasteiger partial charge in [0.1, 0.15) is 11.2 Å². The fourth-order valence-electron chi connectivity index (χ4n) is 7.09. The van der Waals surface area contributed by atoms with E-state index in [2.05, 4.69) is 0 Å². The first kappa shape index (κ1) is 18.0. The second-order valence-electron chi connectivity index (χ2n) is 11.4. The van der Waals surface area contributed by atoms with Crippen molar-refractivity contribution < 1.29 is 15.4 Å². The molecule has 0 amide bonds. The lowest BCUT2D eigenvalue weighted by molar-refractivity contribution is 0.672. The van der Waals surface area contributed by atoms with Crippen LogP contribution in [-0.4, -0.2) is 0 Å². The van der Waals surface area contributed by atoms with Crippen molar-refractivity contribution in [3.05, 3.63) is 158 Å². The van der Waals surface area contributed by atoms with E-state index in [0.717, 1.165) is 37.7 Å². The molecule has 10 aromatic rings. The number of furan rings is 1. The summed E-state index contributed by atoms with van der Waals surface area (Å²) >= 11 is 0. The smallest absolute Gasteiger partial charge is 0.143 e. The van der Waals surface area contributed by atoms with Crippen molar-refractivity contribution in [3.63, 3.8) is 0 Å². The lowest BCUT2D eigenvalue weighted by Crippen LogP contribution is -1.92. The molecule has 0 fully saturated rings. The van der Waals surface area contributed by atoms with Gasteiger partial charge in [-0.3, -0.25) is 0 Å². The predicted octanol–water partition coefficient (Wildman–Crippen LogP) is 12.7. The molecule has 0 bridgehead atoms. The summed E-state index contributed by atoms with van der Waals surface area (Å²) in [5.41, 5.74) is 3.12. The molecule has 1 aromatic heterocycles. The molecule has 0 saturated heterocycles. The summed E-state index contributed by atoms with van der Waals surface area (Å²) in [6, 6.07) is 32.2. The van der Waals surface area contributed by atoms with E-state index in [4.69, 9.17) is 9.90 Å². The highest BCUT2D eigenvalue weighted by molar-refractivity contribution is 6.27. The number of fused-ring (bicyclic) bond motifs is 10. The zero-order chi connectivity index (χ0) is 36.4. The van der Waals surface area contributed by atoms with Gasteiger partial charge < -0.3 is 4.42 Å². The maximum absolute atomic E-state index is 9.48. The first-order valence-electron chi connectivity index (χ1n) is 18.9. The van der Waals surface area contributed by atoms with Crippen LogP contribution in [0.2, 0.25) is 0 Å². The fourth-order valence-corrected chi connectivity index (χ4v) is 7.09. The van der Waals surface area contributed by atoms with Gasteiger partial charge in [-0.1, -0.05) is 139 Å². The molecule has 0 aliphatic heterocycles. The van der Waals surface area contributed by atoms with Gasteiger partial charge in [0.2, 0.25) is 0 Å². The Morgan fingerprint density at radius 2 is 0.956 bits per heavy atom. The molecule has 45 heavy (non-hydrogen) atoms. The Balaban J connectivity index is 1.50. The second kappa shape index (κ2) is 9.29. The molecule has 1 heterocycles. The Bertz CT molecular complexity index is 3190. The minimum absolute atomic E-state index is 0.179. The molecule has 0 atom stereocenters. The minimum atomic E-state index is -0.432. The molecule has 0 aliphatic carbocycles. The number of rotatable bonds is 2.